The summed E-state index contributed by atoms with van der Waals surface area (Å²) < 4.78 is 5.66. The van der Waals surface area contributed by atoms with E-state index in [1.807, 2.05) is 30.5 Å². The second kappa shape index (κ2) is 7.79. The van der Waals surface area contributed by atoms with Crippen molar-refractivity contribution in [1.82, 2.24) is 15.2 Å². The Balaban J connectivity index is 1.39. The van der Waals surface area contributed by atoms with Crippen molar-refractivity contribution in [1.29, 1.82) is 0 Å². The SMILES string of the molecule is CC(=O)c1ccccc1OCCN1C(=O)N[C@H](Cc2c[nH]c3ccccc23)C1=O. The molecule has 0 radical (unpaired) electrons. The van der Waals surface area contributed by atoms with Gasteiger partial charge in [-0.2, -0.15) is 0 Å². The number of Topliss-reactive ketones (excluding diaryl/α,β-unsaturated/α-hetero) is 1. The van der Waals surface area contributed by atoms with Gasteiger partial charge in [-0.25, -0.2) is 4.79 Å². The smallest absolute Gasteiger partial charge is 0.324 e. The molecule has 3 aromatic rings. The van der Waals surface area contributed by atoms with E-state index in [0.717, 1.165) is 21.4 Å². The number of urea groups is 1. The average Bonchev–Trinajstić information content (AvgIpc) is 3.24. The highest BCUT2D eigenvalue weighted by molar-refractivity contribution is 6.04. The quantitative estimate of drug-likeness (QED) is 0.479. The molecule has 1 atom stereocenters. The summed E-state index contributed by atoms with van der Waals surface area (Å²) in [7, 11) is 0. The number of rotatable bonds is 7. The molecule has 1 aliphatic heterocycles. The van der Waals surface area contributed by atoms with Crippen LogP contribution >= 0.6 is 0 Å². The number of H-pyrrole nitrogens is 1. The standard InChI is InChI=1S/C22H21N3O4/c1-14(26)16-6-3-5-9-20(16)29-11-10-25-21(27)19(24-22(25)28)12-15-13-23-18-8-4-2-7-17(15)18/h2-9,13,19,23H,10-12H2,1H3,(H,24,28)/t19-/m1/s1. The lowest BCUT2D eigenvalue weighted by Crippen LogP contribution is -2.35. The molecule has 148 valence electrons. The van der Waals surface area contributed by atoms with Crippen LogP contribution in [0.3, 0.4) is 0 Å². The monoisotopic (exact) mass is 391 g/mol. The summed E-state index contributed by atoms with van der Waals surface area (Å²) in [5.74, 6) is 0.0699. The normalized spacial score (nSPS) is 16.3. The van der Waals surface area contributed by atoms with Gasteiger partial charge in [0, 0.05) is 23.5 Å². The van der Waals surface area contributed by atoms with Crippen LogP contribution in [0.1, 0.15) is 22.8 Å². The van der Waals surface area contributed by atoms with Gasteiger partial charge >= 0.3 is 6.03 Å². The summed E-state index contributed by atoms with van der Waals surface area (Å²) in [5, 5.41) is 3.79. The molecule has 1 aliphatic rings. The molecule has 29 heavy (non-hydrogen) atoms. The maximum atomic E-state index is 12.7. The molecule has 0 aliphatic carbocycles. The summed E-state index contributed by atoms with van der Waals surface area (Å²) in [6.45, 7) is 1.69. The molecular weight excluding hydrogens is 370 g/mol. The van der Waals surface area contributed by atoms with Crippen molar-refractivity contribution in [3.05, 3.63) is 65.9 Å². The van der Waals surface area contributed by atoms with E-state index in [2.05, 4.69) is 10.3 Å². The number of ether oxygens (including phenoxy) is 1. The van der Waals surface area contributed by atoms with E-state index in [4.69, 9.17) is 4.74 Å². The number of imide groups is 1. The molecule has 4 rings (SSSR count). The van der Waals surface area contributed by atoms with Crippen LogP contribution in [-0.4, -0.2) is 46.8 Å². The molecule has 1 fully saturated rings. The number of aromatic nitrogens is 1. The van der Waals surface area contributed by atoms with Gasteiger partial charge in [0.05, 0.1) is 12.1 Å². The number of amides is 3. The predicted molar refractivity (Wildman–Crippen MR) is 108 cm³/mol. The van der Waals surface area contributed by atoms with Gasteiger partial charge in [0.15, 0.2) is 5.78 Å². The van der Waals surface area contributed by atoms with Crippen LogP contribution in [0, 0.1) is 0 Å². The Labute approximate surface area is 167 Å². The fourth-order valence-electron chi connectivity index (χ4n) is 3.58. The van der Waals surface area contributed by atoms with Crippen LogP contribution in [0.15, 0.2) is 54.7 Å². The molecule has 7 heteroatoms. The third kappa shape index (κ3) is 3.71. The highest BCUT2D eigenvalue weighted by Crippen LogP contribution is 2.22. The minimum Gasteiger partial charge on any atom is -0.491 e. The summed E-state index contributed by atoms with van der Waals surface area (Å²) in [5.41, 5.74) is 2.45. The van der Waals surface area contributed by atoms with E-state index in [1.54, 1.807) is 24.3 Å². The van der Waals surface area contributed by atoms with Crippen LogP contribution in [-0.2, 0) is 11.2 Å². The number of hydrogen-bond acceptors (Lipinski definition) is 4. The lowest BCUT2D eigenvalue weighted by Gasteiger charge is -2.15. The Morgan fingerprint density at radius 1 is 1.10 bits per heavy atom. The van der Waals surface area contributed by atoms with Gasteiger partial charge in [-0.1, -0.05) is 30.3 Å². The van der Waals surface area contributed by atoms with Crippen molar-refractivity contribution < 1.29 is 19.1 Å². The van der Waals surface area contributed by atoms with Crippen LogP contribution in [0.2, 0.25) is 0 Å². The zero-order valence-electron chi connectivity index (χ0n) is 16.0. The molecule has 0 unspecified atom stereocenters. The number of benzene rings is 2. The van der Waals surface area contributed by atoms with E-state index >= 15 is 0 Å². The predicted octanol–water partition coefficient (Wildman–Crippen LogP) is 2.91. The number of para-hydroxylation sites is 2. The van der Waals surface area contributed by atoms with Gasteiger partial charge in [0.1, 0.15) is 18.4 Å². The maximum Gasteiger partial charge on any atom is 0.324 e. The number of fused-ring (bicyclic) bond motifs is 1. The minimum atomic E-state index is -0.605. The highest BCUT2D eigenvalue weighted by atomic mass is 16.5. The number of carbonyl (C=O) groups excluding carboxylic acids is 3. The van der Waals surface area contributed by atoms with Crippen molar-refractivity contribution in [2.75, 3.05) is 13.2 Å². The zero-order valence-corrected chi connectivity index (χ0v) is 16.0. The van der Waals surface area contributed by atoms with Crippen molar-refractivity contribution >= 4 is 28.6 Å². The molecular formula is C22H21N3O4. The number of nitrogens with zero attached hydrogens (tertiary/aromatic N) is 1. The summed E-state index contributed by atoms with van der Waals surface area (Å²) in [6, 6.07) is 13.7. The lowest BCUT2D eigenvalue weighted by atomic mass is 10.1. The number of nitrogens with one attached hydrogen (secondary N) is 2. The Morgan fingerprint density at radius 2 is 1.86 bits per heavy atom. The molecule has 3 amide bonds. The molecule has 0 saturated carbocycles. The Morgan fingerprint density at radius 3 is 2.69 bits per heavy atom. The molecule has 1 saturated heterocycles. The molecule has 2 N–H and O–H groups in total. The van der Waals surface area contributed by atoms with Gasteiger partial charge in [0.2, 0.25) is 0 Å². The molecule has 7 nitrogen and oxygen atoms in total. The van der Waals surface area contributed by atoms with E-state index in [1.165, 1.54) is 6.92 Å². The van der Waals surface area contributed by atoms with Crippen molar-refractivity contribution in [2.45, 2.75) is 19.4 Å². The molecule has 2 aromatic carbocycles. The van der Waals surface area contributed by atoms with Crippen LogP contribution in [0.5, 0.6) is 5.75 Å². The summed E-state index contributed by atoms with van der Waals surface area (Å²) in [6.07, 6.45) is 2.29. The van der Waals surface area contributed by atoms with E-state index in [-0.39, 0.29) is 24.8 Å². The Kier molecular flexibility index (Phi) is 5.03. The number of hydrogen-bond donors (Lipinski definition) is 2. The van der Waals surface area contributed by atoms with Gasteiger partial charge in [-0.3, -0.25) is 14.5 Å². The molecule has 1 aromatic heterocycles. The fourth-order valence-corrected chi connectivity index (χ4v) is 3.58. The lowest BCUT2D eigenvalue weighted by molar-refractivity contribution is -0.127. The molecule has 2 heterocycles. The fraction of sp³-hybridized carbons (Fsp3) is 0.227. The highest BCUT2D eigenvalue weighted by Gasteiger charge is 2.38. The first kappa shape index (κ1) is 18.7. The third-order valence-corrected chi connectivity index (χ3v) is 5.04. The average molecular weight is 391 g/mol. The maximum absolute atomic E-state index is 12.7. The zero-order chi connectivity index (χ0) is 20.4. The van der Waals surface area contributed by atoms with Crippen molar-refractivity contribution in [3.63, 3.8) is 0 Å². The van der Waals surface area contributed by atoms with E-state index < -0.39 is 12.1 Å². The summed E-state index contributed by atoms with van der Waals surface area (Å²) >= 11 is 0. The largest absolute Gasteiger partial charge is 0.491 e. The number of carbonyl (C=O) groups is 3. The van der Waals surface area contributed by atoms with Crippen LogP contribution in [0.25, 0.3) is 10.9 Å². The van der Waals surface area contributed by atoms with E-state index in [9.17, 15) is 14.4 Å². The number of aromatic amines is 1. The first-order chi connectivity index (χ1) is 14.0. The third-order valence-electron chi connectivity index (χ3n) is 5.04. The van der Waals surface area contributed by atoms with Gasteiger partial charge in [0.25, 0.3) is 5.91 Å². The molecule has 0 bridgehead atoms. The van der Waals surface area contributed by atoms with Crippen LogP contribution < -0.4 is 10.1 Å². The van der Waals surface area contributed by atoms with Crippen molar-refractivity contribution in [2.24, 2.45) is 0 Å². The Hall–Kier alpha value is -3.61. The molecule has 0 spiro atoms. The first-order valence-electron chi connectivity index (χ1n) is 9.44. The second-order valence-electron chi connectivity index (χ2n) is 6.96. The topological polar surface area (TPSA) is 91.5 Å². The Bertz CT molecular complexity index is 1090. The first-order valence-corrected chi connectivity index (χ1v) is 9.44. The number of ketones is 1. The van der Waals surface area contributed by atoms with E-state index in [0.29, 0.717) is 17.7 Å². The summed E-state index contributed by atoms with van der Waals surface area (Å²) in [4.78, 5) is 41.0. The second-order valence-corrected chi connectivity index (χ2v) is 6.96. The van der Waals surface area contributed by atoms with Gasteiger partial charge in [-0.05, 0) is 30.7 Å². The van der Waals surface area contributed by atoms with Gasteiger partial charge in [-0.15, -0.1) is 0 Å². The van der Waals surface area contributed by atoms with Crippen LogP contribution in [0.4, 0.5) is 4.79 Å². The minimum absolute atomic E-state index is 0.102. The van der Waals surface area contributed by atoms with Crippen molar-refractivity contribution in [3.8, 4) is 5.75 Å². The van der Waals surface area contributed by atoms with Gasteiger partial charge < -0.3 is 15.0 Å².